The average molecular weight is 336 g/mol. The number of aliphatic hydroxyl groups excluding tert-OH is 1. The summed E-state index contributed by atoms with van der Waals surface area (Å²) in [6, 6.07) is 6.02. The number of alkyl halides is 3. The molecule has 1 aliphatic rings. The zero-order valence-corrected chi connectivity index (χ0v) is 12.3. The molecule has 1 aromatic heterocycles. The maximum atomic E-state index is 13.5. The average Bonchev–Trinajstić information content (AvgIpc) is 2.55. The highest BCUT2D eigenvalue weighted by Gasteiger charge is 2.35. The van der Waals surface area contributed by atoms with Gasteiger partial charge in [-0.1, -0.05) is 6.08 Å². The summed E-state index contributed by atoms with van der Waals surface area (Å²) < 4.78 is 52.4. The fourth-order valence-corrected chi connectivity index (χ4v) is 2.52. The summed E-state index contributed by atoms with van der Waals surface area (Å²) in [5.74, 6) is -1.43. The third kappa shape index (κ3) is 2.97. The molecule has 0 bridgehead atoms. The number of allylic oxidation sites excluding steroid dienone is 1. The van der Waals surface area contributed by atoms with Gasteiger partial charge in [0.2, 0.25) is 0 Å². The van der Waals surface area contributed by atoms with Crippen molar-refractivity contribution >= 4 is 11.4 Å². The molecule has 0 aliphatic carbocycles. The summed E-state index contributed by atoms with van der Waals surface area (Å²) in [5, 5.41) is 10.2. The Morgan fingerprint density at radius 1 is 1.08 bits per heavy atom. The Morgan fingerprint density at radius 3 is 2.46 bits per heavy atom. The third-order valence-electron chi connectivity index (χ3n) is 3.60. The van der Waals surface area contributed by atoms with Crippen LogP contribution in [0.2, 0.25) is 0 Å². The summed E-state index contributed by atoms with van der Waals surface area (Å²) in [7, 11) is 0. The van der Waals surface area contributed by atoms with Crippen molar-refractivity contribution in [1.29, 1.82) is 0 Å². The number of hydrogen-bond acceptors (Lipinski definition) is 3. The molecule has 0 spiro atoms. The highest BCUT2D eigenvalue weighted by molar-refractivity contribution is 5.83. The lowest BCUT2D eigenvalue weighted by Gasteiger charge is -2.30. The number of nitrogens with zero attached hydrogens (tertiary/aromatic N) is 2. The summed E-state index contributed by atoms with van der Waals surface area (Å²) in [6.07, 6.45) is 1.31. The van der Waals surface area contributed by atoms with E-state index in [9.17, 15) is 22.7 Å². The quantitative estimate of drug-likeness (QED) is 0.818. The first-order valence-electron chi connectivity index (χ1n) is 7.02. The fourth-order valence-electron chi connectivity index (χ4n) is 2.52. The van der Waals surface area contributed by atoms with Gasteiger partial charge in [-0.3, -0.25) is 4.98 Å². The largest absolute Gasteiger partial charge is 0.506 e. The van der Waals surface area contributed by atoms with E-state index in [0.29, 0.717) is 11.3 Å². The van der Waals surface area contributed by atoms with Crippen molar-refractivity contribution in [2.75, 3.05) is 11.4 Å². The van der Waals surface area contributed by atoms with Gasteiger partial charge in [-0.15, -0.1) is 0 Å². The van der Waals surface area contributed by atoms with Crippen molar-refractivity contribution in [3.05, 3.63) is 77.6 Å². The summed E-state index contributed by atoms with van der Waals surface area (Å²) in [5.41, 5.74) is -0.293. The Morgan fingerprint density at radius 2 is 1.79 bits per heavy atom. The zero-order chi connectivity index (χ0) is 17.3. The van der Waals surface area contributed by atoms with Crippen LogP contribution in [0.1, 0.15) is 11.1 Å². The van der Waals surface area contributed by atoms with Crippen molar-refractivity contribution in [2.24, 2.45) is 0 Å². The Balaban J connectivity index is 2.10. The number of aromatic nitrogens is 1. The number of pyridine rings is 1. The van der Waals surface area contributed by atoms with E-state index in [0.717, 1.165) is 12.1 Å². The van der Waals surface area contributed by atoms with Crippen LogP contribution in [0.4, 0.5) is 23.2 Å². The predicted molar refractivity (Wildman–Crippen MR) is 81.7 cm³/mol. The van der Waals surface area contributed by atoms with Crippen LogP contribution >= 0.6 is 0 Å². The molecule has 1 aliphatic heterocycles. The second-order valence-corrected chi connectivity index (χ2v) is 5.14. The molecular formula is C17H12F4N2O. The molecule has 2 aromatic rings. The van der Waals surface area contributed by atoms with E-state index in [1.54, 1.807) is 18.2 Å². The number of benzene rings is 1. The maximum Gasteiger partial charge on any atom is 0.419 e. The minimum absolute atomic E-state index is 0.0923. The van der Waals surface area contributed by atoms with Crippen LogP contribution in [0.25, 0.3) is 5.70 Å². The van der Waals surface area contributed by atoms with Gasteiger partial charge < -0.3 is 10.0 Å². The summed E-state index contributed by atoms with van der Waals surface area (Å²) in [4.78, 5) is 5.37. The monoisotopic (exact) mass is 336 g/mol. The van der Waals surface area contributed by atoms with Gasteiger partial charge in [-0.05, 0) is 36.4 Å². The first-order valence-corrected chi connectivity index (χ1v) is 7.02. The molecular weight excluding hydrogens is 324 g/mol. The first kappa shape index (κ1) is 16.0. The molecule has 0 fully saturated rings. The lowest BCUT2D eigenvalue weighted by atomic mass is 10.1. The Kier molecular flexibility index (Phi) is 4.01. The summed E-state index contributed by atoms with van der Waals surface area (Å²) in [6.45, 7) is 0.241. The van der Waals surface area contributed by atoms with Crippen LogP contribution in [0.15, 0.2) is 60.6 Å². The Labute approximate surface area is 135 Å². The highest BCUT2D eigenvalue weighted by atomic mass is 19.4. The van der Waals surface area contributed by atoms with E-state index in [1.165, 1.54) is 29.4 Å². The normalized spacial score (nSPS) is 15.1. The smallest absolute Gasteiger partial charge is 0.419 e. The molecule has 124 valence electrons. The molecule has 3 nitrogen and oxygen atoms in total. The minimum Gasteiger partial charge on any atom is -0.506 e. The third-order valence-corrected chi connectivity index (χ3v) is 3.60. The first-order chi connectivity index (χ1) is 11.4. The molecule has 3 rings (SSSR count). The number of anilines is 1. The van der Waals surface area contributed by atoms with Gasteiger partial charge in [0, 0.05) is 30.2 Å². The molecule has 24 heavy (non-hydrogen) atoms. The molecule has 7 heteroatoms. The van der Waals surface area contributed by atoms with Crippen LogP contribution in [0, 0.1) is 5.82 Å². The standard InChI is InChI=1S/C17H12F4N2O/c18-14-4-3-12(10-13(14)17(19,20)21)23-9-1-2-15(24)16(23)11-5-7-22-8-6-11/h1-8,10,24H,9H2. The van der Waals surface area contributed by atoms with E-state index in [1.807, 2.05) is 0 Å². The van der Waals surface area contributed by atoms with Crippen LogP contribution < -0.4 is 4.90 Å². The van der Waals surface area contributed by atoms with E-state index in [-0.39, 0.29) is 18.0 Å². The lowest BCUT2D eigenvalue weighted by Crippen LogP contribution is -2.26. The molecule has 2 heterocycles. The van der Waals surface area contributed by atoms with Gasteiger partial charge in [0.25, 0.3) is 0 Å². The molecule has 0 saturated carbocycles. The van der Waals surface area contributed by atoms with Gasteiger partial charge in [0.05, 0.1) is 11.3 Å². The molecule has 0 unspecified atom stereocenters. The van der Waals surface area contributed by atoms with Crippen molar-refractivity contribution in [1.82, 2.24) is 4.98 Å². The van der Waals surface area contributed by atoms with Gasteiger partial charge >= 0.3 is 6.18 Å². The van der Waals surface area contributed by atoms with Gasteiger partial charge in [-0.2, -0.15) is 13.2 Å². The maximum absolute atomic E-state index is 13.5. The van der Waals surface area contributed by atoms with Crippen molar-refractivity contribution < 1.29 is 22.7 Å². The minimum atomic E-state index is -4.80. The van der Waals surface area contributed by atoms with Crippen LogP contribution in [0.5, 0.6) is 0 Å². The number of rotatable bonds is 2. The predicted octanol–water partition coefficient (Wildman–Crippen LogP) is 4.54. The Hall–Kier alpha value is -2.83. The van der Waals surface area contributed by atoms with Crippen molar-refractivity contribution in [3.8, 4) is 0 Å². The van der Waals surface area contributed by atoms with Crippen LogP contribution in [0.3, 0.4) is 0 Å². The second kappa shape index (κ2) is 5.99. The van der Waals surface area contributed by atoms with Gasteiger partial charge in [-0.25, -0.2) is 4.39 Å². The number of halogens is 4. The van der Waals surface area contributed by atoms with E-state index < -0.39 is 17.6 Å². The van der Waals surface area contributed by atoms with Crippen molar-refractivity contribution in [2.45, 2.75) is 6.18 Å². The fraction of sp³-hybridized carbons (Fsp3) is 0.118. The van der Waals surface area contributed by atoms with Crippen molar-refractivity contribution in [3.63, 3.8) is 0 Å². The number of hydrogen-bond donors (Lipinski definition) is 1. The Bertz CT molecular complexity index is 813. The number of aliphatic hydroxyl groups is 1. The second-order valence-electron chi connectivity index (χ2n) is 5.14. The van der Waals surface area contributed by atoms with Gasteiger partial charge in [0.15, 0.2) is 0 Å². The summed E-state index contributed by atoms with van der Waals surface area (Å²) >= 11 is 0. The highest BCUT2D eigenvalue weighted by Crippen LogP contribution is 2.37. The zero-order valence-electron chi connectivity index (χ0n) is 12.3. The van der Waals surface area contributed by atoms with E-state index in [2.05, 4.69) is 4.98 Å². The molecule has 0 saturated heterocycles. The van der Waals surface area contributed by atoms with Crippen LogP contribution in [-0.4, -0.2) is 16.6 Å². The molecule has 1 aromatic carbocycles. The topological polar surface area (TPSA) is 36.4 Å². The lowest BCUT2D eigenvalue weighted by molar-refractivity contribution is -0.139. The molecule has 1 N–H and O–H groups in total. The SMILES string of the molecule is OC1=C(c2ccncc2)N(c2ccc(F)c(C(F)(F)F)c2)CC=C1. The van der Waals surface area contributed by atoms with Crippen LogP contribution in [-0.2, 0) is 6.18 Å². The molecule has 0 atom stereocenters. The molecule has 0 radical (unpaired) electrons. The van der Waals surface area contributed by atoms with E-state index >= 15 is 0 Å². The van der Waals surface area contributed by atoms with Gasteiger partial charge in [0.1, 0.15) is 11.6 Å². The molecule has 0 amide bonds. The van der Waals surface area contributed by atoms with E-state index in [4.69, 9.17) is 0 Å².